The molecule has 0 saturated heterocycles. The van der Waals surface area contributed by atoms with Gasteiger partial charge in [-0.3, -0.25) is 9.78 Å². The second-order valence-electron chi connectivity index (χ2n) is 3.39. The molecule has 0 saturated carbocycles. The Kier molecular flexibility index (Phi) is 3.79. The van der Waals surface area contributed by atoms with E-state index >= 15 is 0 Å². The molecule has 8 heteroatoms. The van der Waals surface area contributed by atoms with Crippen LogP contribution in [0.25, 0.3) is 0 Å². The SMILES string of the molecule is CNc1cncc(C(=O)NCCc2ncon2)n1. The molecule has 0 aliphatic heterocycles. The second kappa shape index (κ2) is 5.71. The largest absolute Gasteiger partial charge is 0.372 e. The first-order valence-electron chi connectivity index (χ1n) is 5.33. The van der Waals surface area contributed by atoms with Crippen LogP contribution in [-0.4, -0.2) is 39.6 Å². The highest BCUT2D eigenvalue weighted by Gasteiger charge is 2.08. The van der Waals surface area contributed by atoms with Crippen LogP contribution < -0.4 is 10.6 Å². The van der Waals surface area contributed by atoms with E-state index in [1.807, 2.05) is 0 Å². The molecule has 0 aliphatic carbocycles. The van der Waals surface area contributed by atoms with E-state index in [1.165, 1.54) is 18.8 Å². The fourth-order valence-corrected chi connectivity index (χ4v) is 1.28. The molecule has 0 fully saturated rings. The van der Waals surface area contributed by atoms with Crippen LogP contribution in [0.2, 0.25) is 0 Å². The predicted octanol–water partition coefficient (Wildman–Crippen LogP) is -0.126. The Labute approximate surface area is 103 Å². The van der Waals surface area contributed by atoms with Gasteiger partial charge in [0.25, 0.3) is 5.91 Å². The molecule has 0 atom stereocenters. The monoisotopic (exact) mass is 248 g/mol. The van der Waals surface area contributed by atoms with E-state index in [9.17, 15) is 4.79 Å². The minimum atomic E-state index is -0.289. The highest BCUT2D eigenvalue weighted by Crippen LogP contribution is 2.00. The van der Waals surface area contributed by atoms with Gasteiger partial charge in [-0.1, -0.05) is 5.16 Å². The summed E-state index contributed by atoms with van der Waals surface area (Å²) in [5.41, 5.74) is 0.259. The molecule has 2 heterocycles. The van der Waals surface area contributed by atoms with Crippen LogP contribution in [0.3, 0.4) is 0 Å². The number of amides is 1. The van der Waals surface area contributed by atoms with Crippen LogP contribution in [0.5, 0.6) is 0 Å². The standard InChI is InChI=1S/C10H12N6O2/c1-11-9-5-12-4-7(15-9)10(17)13-3-2-8-14-6-18-16-8/h4-6H,2-3H2,1H3,(H,11,15)(H,13,17). The third kappa shape index (κ3) is 3.00. The molecule has 2 rings (SSSR count). The lowest BCUT2D eigenvalue weighted by molar-refractivity contribution is 0.0948. The molecular weight excluding hydrogens is 236 g/mol. The number of carbonyl (C=O) groups is 1. The second-order valence-corrected chi connectivity index (χ2v) is 3.39. The molecule has 0 bridgehead atoms. The maximum absolute atomic E-state index is 11.7. The van der Waals surface area contributed by atoms with Crippen LogP contribution in [0.1, 0.15) is 16.3 Å². The van der Waals surface area contributed by atoms with Gasteiger partial charge in [-0.2, -0.15) is 4.98 Å². The first kappa shape index (κ1) is 12.0. The number of hydrogen-bond acceptors (Lipinski definition) is 7. The van der Waals surface area contributed by atoms with Gasteiger partial charge in [-0.05, 0) is 0 Å². The number of nitrogens with zero attached hydrogens (tertiary/aromatic N) is 4. The average molecular weight is 248 g/mol. The van der Waals surface area contributed by atoms with Gasteiger partial charge >= 0.3 is 0 Å². The lowest BCUT2D eigenvalue weighted by Gasteiger charge is -2.04. The van der Waals surface area contributed by atoms with Gasteiger partial charge in [-0.25, -0.2) is 4.98 Å². The van der Waals surface area contributed by atoms with Gasteiger partial charge in [0.2, 0.25) is 6.39 Å². The summed E-state index contributed by atoms with van der Waals surface area (Å²) in [6.45, 7) is 0.407. The molecule has 0 aliphatic rings. The van der Waals surface area contributed by atoms with Crippen molar-refractivity contribution in [3.05, 3.63) is 30.3 Å². The van der Waals surface area contributed by atoms with Crippen molar-refractivity contribution in [2.45, 2.75) is 6.42 Å². The summed E-state index contributed by atoms with van der Waals surface area (Å²) < 4.78 is 4.58. The first-order valence-corrected chi connectivity index (χ1v) is 5.33. The number of carbonyl (C=O) groups excluding carboxylic acids is 1. The number of nitrogens with one attached hydrogen (secondary N) is 2. The van der Waals surface area contributed by atoms with Crippen molar-refractivity contribution < 1.29 is 9.32 Å². The number of hydrogen-bond donors (Lipinski definition) is 2. The molecule has 2 N–H and O–H groups in total. The third-order valence-electron chi connectivity index (χ3n) is 2.16. The molecule has 8 nitrogen and oxygen atoms in total. The van der Waals surface area contributed by atoms with Crippen LogP contribution in [0.4, 0.5) is 5.82 Å². The molecule has 18 heavy (non-hydrogen) atoms. The van der Waals surface area contributed by atoms with Crippen molar-refractivity contribution in [3.8, 4) is 0 Å². The predicted molar refractivity (Wildman–Crippen MR) is 61.9 cm³/mol. The third-order valence-corrected chi connectivity index (χ3v) is 2.16. The van der Waals surface area contributed by atoms with Crippen LogP contribution in [0, 0.1) is 0 Å². The summed E-state index contributed by atoms with van der Waals surface area (Å²) >= 11 is 0. The smallest absolute Gasteiger partial charge is 0.271 e. The molecule has 0 unspecified atom stereocenters. The molecule has 0 spiro atoms. The molecular formula is C10H12N6O2. The molecule has 0 radical (unpaired) electrons. The van der Waals surface area contributed by atoms with Gasteiger partial charge < -0.3 is 15.2 Å². The molecule has 94 valence electrons. The van der Waals surface area contributed by atoms with Crippen molar-refractivity contribution in [3.63, 3.8) is 0 Å². The molecule has 0 aromatic carbocycles. The summed E-state index contributed by atoms with van der Waals surface area (Å²) in [6, 6.07) is 0. The molecule has 2 aromatic heterocycles. The van der Waals surface area contributed by atoms with Crippen molar-refractivity contribution in [1.82, 2.24) is 25.4 Å². The van der Waals surface area contributed by atoms with E-state index in [1.54, 1.807) is 7.05 Å². The summed E-state index contributed by atoms with van der Waals surface area (Å²) in [7, 11) is 1.71. The van der Waals surface area contributed by atoms with E-state index < -0.39 is 0 Å². The normalized spacial score (nSPS) is 10.1. The first-order chi connectivity index (χ1) is 8.79. The van der Waals surface area contributed by atoms with Crippen LogP contribution in [0.15, 0.2) is 23.3 Å². The van der Waals surface area contributed by atoms with E-state index in [0.29, 0.717) is 24.6 Å². The van der Waals surface area contributed by atoms with E-state index in [2.05, 4.69) is 35.3 Å². The minimum absolute atomic E-state index is 0.259. The maximum Gasteiger partial charge on any atom is 0.271 e. The Hall–Kier alpha value is -2.51. The Bertz CT molecular complexity index is 513. The van der Waals surface area contributed by atoms with Crippen LogP contribution in [-0.2, 0) is 6.42 Å². The number of rotatable bonds is 5. The maximum atomic E-state index is 11.7. The minimum Gasteiger partial charge on any atom is -0.372 e. The average Bonchev–Trinajstić information content (AvgIpc) is 2.92. The molecule has 2 aromatic rings. The fraction of sp³-hybridized carbons (Fsp3) is 0.300. The van der Waals surface area contributed by atoms with Gasteiger partial charge in [0.1, 0.15) is 11.5 Å². The zero-order valence-corrected chi connectivity index (χ0v) is 9.75. The highest BCUT2D eigenvalue weighted by molar-refractivity contribution is 5.92. The van der Waals surface area contributed by atoms with Crippen molar-refractivity contribution in [2.24, 2.45) is 0 Å². The van der Waals surface area contributed by atoms with E-state index in [0.717, 1.165) is 0 Å². The fourth-order valence-electron chi connectivity index (χ4n) is 1.28. The van der Waals surface area contributed by atoms with E-state index in [-0.39, 0.29) is 11.6 Å². The Balaban J connectivity index is 1.87. The summed E-state index contributed by atoms with van der Waals surface area (Å²) in [5, 5.41) is 9.15. The quantitative estimate of drug-likeness (QED) is 0.759. The van der Waals surface area contributed by atoms with Gasteiger partial charge in [-0.15, -0.1) is 0 Å². The van der Waals surface area contributed by atoms with Crippen molar-refractivity contribution in [2.75, 3.05) is 18.9 Å². The van der Waals surface area contributed by atoms with Gasteiger partial charge in [0.15, 0.2) is 5.82 Å². The van der Waals surface area contributed by atoms with Crippen LogP contribution >= 0.6 is 0 Å². The Morgan fingerprint density at radius 3 is 3.06 bits per heavy atom. The summed E-state index contributed by atoms with van der Waals surface area (Å²) in [6.07, 6.45) is 4.70. The van der Waals surface area contributed by atoms with E-state index in [4.69, 9.17) is 0 Å². The molecule has 1 amide bonds. The topological polar surface area (TPSA) is 106 Å². The zero-order valence-electron chi connectivity index (χ0n) is 9.75. The van der Waals surface area contributed by atoms with Crippen molar-refractivity contribution in [1.29, 1.82) is 0 Å². The van der Waals surface area contributed by atoms with Crippen molar-refractivity contribution >= 4 is 11.7 Å². The summed E-state index contributed by atoms with van der Waals surface area (Å²) in [5.74, 6) is 0.800. The summed E-state index contributed by atoms with van der Waals surface area (Å²) in [4.78, 5) is 23.6. The van der Waals surface area contributed by atoms with Gasteiger partial charge in [0, 0.05) is 20.0 Å². The Morgan fingerprint density at radius 1 is 1.44 bits per heavy atom. The lowest BCUT2D eigenvalue weighted by atomic mass is 10.3. The number of aromatic nitrogens is 4. The number of anilines is 1. The van der Waals surface area contributed by atoms with Gasteiger partial charge in [0.05, 0.1) is 12.4 Å². The highest BCUT2D eigenvalue weighted by atomic mass is 16.5. The lowest BCUT2D eigenvalue weighted by Crippen LogP contribution is -2.27. The Morgan fingerprint density at radius 2 is 2.33 bits per heavy atom. The zero-order chi connectivity index (χ0) is 12.8.